The molecule has 0 aliphatic carbocycles. The molecule has 0 aliphatic rings. The fourth-order valence-electron chi connectivity index (χ4n) is 1.64. The summed E-state index contributed by atoms with van der Waals surface area (Å²) < 4.78 is 5.42. The monoisotopic (exact) mass is 292 g/mol. The van der Waals surface area contributed by atoms with Gasteiger partial charge in [-0.1, -0.05) is 12.1 Å². The van der Waals surface area contributed by atoms with Gasteiger partial charge in [-0.3, -0.25) is 10.1 Å². The van der Waals surface area contributed by atoms with E-state index in [-0.39, 0.29) is 5.91 Å². The van der Waals surface area contributed by atoms with Crippen molar-refractivity contribution < 1.29 is 14.6 Å². The van der Waals surface area contributed by atoms with Crippen LogP contribution in [0.3, 0.4) is 0 Å². The predicted octanol–water partition coefficient (Wildman–Crippen LogP) is 2.85. The molecule has 20 heavy (non-hydrogen) atoms. The molecule has 0 bridgehead atoms. The first kappa shape index (κ1) is 14.5. The molecule has 1 atom stereocenters. The van der Waals surface area contributed by atoms with Crippen LogP contribution in [-0.4, -0.2) is 22.6 Å². The Morgan fingerprint density at radius 3 is 2.90 bits per heavy atom. The van der Waals surface area contributed by atoms with Crippen molar-refractivity contribution in [1.29, 1.82) is 0 Å². The number of aliphatic hydroxyl groups excluding tert-OH is 1. The number of thiazole rings is 1. The lowest BCUT2D eigenvalue weighted by atomic mass is 10.2. The van der Waals surface area contributed by atoms with Crippen molar-refractivity contribution in [3.8, 4) is 5.75 Å². The number of hydrogen-bond donors (Lipinski definition) is 2. The highest BCUT2D eigenvalue weighted by atomic mass is 32.1. The first-order valence-corrected chi connectivity index (χ1v) is 7.16. The topological polar surface area (TPSA) is 71.5 Å². The van der Waals surface area contributed by atoms with Gasteiger partial charge in [-0.25, -0.2) is 4.98 Å². The molecule has 106 valence electrons. The number of anilines is 1. The Balaban J connectivity index is 2.15. The van der Waals surface area contributed by atoms with E-state index in [1.165, 1.54) is 11.3 Å². The molecular weight excluding hydrogens is 276 g/mol. The standard InChI is InChI=1S/C14H16N2O3S/c1-3-19-12-7-5-4-6-10(12)13(18)16-14-15-11(8-20-14)9(2)17/h4-9,17H,3H2,1-2H3,(H,15,16,18). The van der Waals surface area contributed by atoms with Gasteiger partial charge in [0.2, 0.25) is 0 Å². The van der Waals surface area contributed by atoms with Crippen LogP contribution >= 0.6 is 11.3 Å². The third-order valence-electron chi connectivity index (χ3n) is 2.60. The highest BCUT2D eigenvalue weighted by Crippen LogP contribution is 2.23. The lowest BCUT2D eigenvalue weighted by Crippen LogP contribution is -2.13. The zero-order chi connectivity index (χ0) is 14.5. The Labute approximate surface area is 121 Å². The maximum Gasteiger partial charge on any atom is 0.261 e. The molecule has 1 aromatic heterocycles. The van der Waals surface area contributed by atoms with Crippen molar-refractivity contribution in [3.63, 3.8) is 0 Å². The van der Waals surface area contributed by atoms with Gasteiger partial charge < -0.3 is 9.84 Å². The first-order valence-electron chi connectivity index (χ1n) is 6.28. The summed E-state index contributed by atoms with van der Waals surface area (Å²) in [5.74, 6) is 0.264. The summed E-state index contributed by atoms with van der Waals surface area (Å²) in [5, 5.41) is 14.3. The Morgan fingerprint density at radius 2 is 2.25 bits per heavy atom. The Bertz CT molecular complexity index is 596. The SMILES string of the molecule is CCOc1ccccc1C(=O)Nc1nc(C(C)O)cs1. The largest absolute Gasteiger partial charge is 0.493 e. The fraction of sp³-hybridized carbons (Fsp3) is 0.286. The third-order valence-corrected chi connectivity index (χ3v) is 3.38. The smallest absolute Gasteiger partial charge is 0.261 e. The number of aromatic nitrogens is 1. The number of aliphatic hydroxyl groups is 1. The molecular formula is C14H16N2O3S. The fourth-order valence-corrected chi connectivity index (χ4v) is 2.43. The molecule has 2 N–H and O–H groups in total. The number of nitrogens with zero attached hydrogens (tertiary/aromatic N) is 1. The molecule has 2 aromatic rings. The minimum Gasteiger partial charge on any atom is -0.493 e. The molecule has 0 fully saturated rings. The van der Waals surface area contributed by atoms with E-state index in [0.29, 0.717) is 28.7 Å². The minimum atomic E-state index is -0.646. The van der Waals surface area contributed by atoms with Crippen LogP contribution in [0.15, 0.2) is 29.6 Å². The number of amides is 1. The Kier molecular flexibility index (Phi) is 4.70. The molecule has 0 radical (unpaired) electrons. The number of ether oxygens (including phenoxy) is 1. The summed E-state index contributed by atoms with van der Waals surface area (Å²) in [7, 11) is 0. The third kappa shape index (κ3) is 3.34. The van der Waals surface area contributed by atoms with E-state index >= 15 is 0 Å². The van der Waals surface area contributed by atoms with Crippen LogP contribution in [0.2, 0.25) is 0 Å². The van der Waals surface area contributed by atoms with Crippen LogP contribution in [0.1, 0.15) is 36.0 Å². The van der Waals surface area contributed by atoms with Crippen molar-refractivity contribution in [1.82, 2.24) is 4.98 Å². The maximum atomic E-state index is 12.2. The van der Waals surface area contributed by atoms with Crippen LogP contribution in [0.25, 0.3) is 0 Å². The summed E-state index contributed by atoms with van der Waals surface area (Å²) in [5.41, 5.74) is 1.01. The van der Waals surface area contributed by atoms with E-state index in [1.807, 2.05) is 13.0 Å². The van der Waals surface area contributed by atoms with E-state index in [9.17, 15) is 9.90 Å². The molecule has 0 saturated heterocycles. The molecule has 1 heterocycles. The number of benzene rings is 1. The van der Waals surface area contributed by atoms with Gasteiger partial charge in [0.25, 0.3) is 5.91 Å². The van der Waals surface area contributed by atoms with E-state index in [4.69, 9.17) is 4.74 Å². The highest BCUT2D eigenvalue weighted by molar-refractivity contribution is 7.14. The average molecular weight is 292 g/mol. The molecule has 2 rings (SSSR count). The van der Waals surface area contributed by atoms with Gasteiger partial charge in [0.15, 0.2) is 5.13 Å². The van der Waals surface area contributed by atoms with Crippen molar-refractivity contribution in [3.05, 3.63) is 40.9 Å². The first-order chi connectivity index (χ1) is 9.61. The number of carbonyl (C=O) groups is 1. The van der Waals surface area contributed by atoms with Crippen molar-refractivity contribution in [2.45, 2.75) is 20.0 Å². The number of carbonyl (C=O) groups excluding carboxylic acids is 1. The second-order valence-corrected chi connectivity index (χ2v) is 4.99. The molecule has 0 aliphatic heterocycles. The van der Waals surface area contributed by atoms with Gasteiger partial charge >= 0.3 is 0 Å². The predicted molar refractivity (Wildman–Crippen MR) is 78.3 cm³/mol. The molecule has 1 amide bonds. The summed E-state index contributed by atoms with van der Waals surface area (Å²) in [4.78, 5) is 16.3. The summed E-state index contributed by atoms with van der Waals surface area (Å²) >= 11 is 1.28. The van der Waals surface area contributed by atoms with Crippen molar-refractivity contribution in [2.24, 2.45) is 0 Å². The number of para-hydroxylation sites is 1. The average Bonchev–Trinajstić information content (AvgIpc) is 2.88. The zero-order valence-electron chi connectivity index (χ0n) is 11.3. The van der Waals surface area contributed by atoms with Gasteiger partial charge in [0.05, 0.1) is 24.0 Å². The molecule has 0 spiro atoms. The van der Waals surface area contributed by atoms with Crippen LogP contribution in [0, 0.1) is 0 Å². The van der Waals surface area contributed by atoms with Gasteiger partial charge in [-0.05, 0) is 26.0 Å². The molecule has 5 nitrogen and oxygen atoms in total. The van der Waals surface area contributed by atoms with Crippen LogP contribution in [-0.2, 0) is 0 Å². The summed E-state index contributed by atoms with van der Waals surface area (Å²) in [6.07, 6.45) is -0.646. The molecule has 6 heteroatoms. The normalized spacial score (nSPS) is 11.9. The van der Waals surface area contributed by atoms with Crippen LogP contribution in [0.5, 0.6) is 5.75 Å². The lowest BCUT2D eigenvalue weighted by molar-refractivity contribution is 0.102. The Hall–Kier alpha value is -1.92. The van der Waals surface area contributed by atoms with Crippen molar-refractivity contribution >= 4 is 22.4 Å². The van der Waals surface area contributed by atoms with E-state index in [1.54, 1.807) is 30.5 Å². The summed E-state index contributed by atoms with van der Waals surface area (Å²) in [6, 6.07) is 7.04. The molecule has 0 saturated carbocycles. The maximum absolute atomic E-state index is 12.2. The van der Waals surface area contributed by atoms with Gasteiger partial charge in [-0.2, -0.15) is 0 Å². The number of nitrogens with one attached hydrogen (secondary N) is 1. The number of hydrogen-bond acceptors (Lipinski definition) is 5. The summed E-state index contributed by atoms with van der Waals surface area (Å²) in [6.45, 7) is 3.99. The second-order valence-electron chi connectivity index (χ2n) is 4.14. The minimum absolute atomic E-state index is 0.277. The lowest BCUT2D eigenvalue weighted by Gasteiger charge is -2.08. The van der Waals surface area contributed by atoms with Gasteiger partial charge in [-0.15, -0.1) is 11.3 Å². The quantitative estimate of drug-likeness (QED) is 0.889. The van der Waals surface area contributed by atoms with Crippen LogP contribution in [0.4, 0.5) is 5.13 Å². The van der Waals surface area contributed by atoms with E-state index < -0.39 is 6.10 Å². The van der Waals surface area contributed by atoms with Gasteiger partial charge in [0, 0.05) is 5.38 Å². The van der Waals surface area contributed by atoms with E-state index in [0.717, 1.165) is 0 Å². The van der Waals surface area contributed by atoms with E-state index in [2.05, 4.69) is 10.3 Å². The van der Waals surface area contributed by atoms with Crippen molar-refractivity contribution in [2.75, 3.05) is 11.9 Å². The second kappa shape index (κ2) is 6.49. The zero-order valence-corrected chi connectivity index (χ0v) is 12.1. The molecule has 1 aromatic carbocycles. The molecule has 1 unspecified atom stereocenters. The van der Waals surface area contributed by atoms with Gasteiger partial charge in [0.1, 0.15) is 5.75 Å². The number of rotatable bonds is 5. The Morgan fingerprint density at radius 1 is 1.50 bits per heavy atom. The van der Waals surface area contributed by atoms with Crippen LogP contribution < -0.4 is 10.1 Å². The highest BCUT2D eigenvalue weighted by Gasteiger charge is 2.14.